The van der Waals surface area contributed by atoms with Gasteiger partial charge in [-0.3, -0.25) is 10.3 Å². The van der Waals surface area contributed by atoms with Gasteiger partial charge in [0.2, 0.25) is 0 Å². The zero-order chi connectivity index (χ0) is 10.8. The predicted octanol–water partition coefficient (Wildman–Crippen LogP) is 0.927. The van der Waals surface area contributed by atoms with Crippen molar-refractivity contribution in [2.75, 3.05) is 18.1 Å². The van der Waals surface area contributed by atoms with Gasteiger partial charge in [0.25, 0.3) is 0 Å². The predicted molar refractivity (Wildman–Crippen MR) is 56.2 cm³/mol. The third kappa shape index (κ3) is 1.63. The molecule has 0 aliphatic carbocycles. The monoisotopic (exact) mass is 205 g/mol. The van der Waals surface area contributed by atoms with Crippen molar-refractivity contribution >= 4 is 17.6 Å². The Morgan fingerprint density at radius 2 is 2.20 bits per heavy atom. The number of hydrogen-bond acceptors (Lipinski definition) is 3. The van der Waals surface area contributed by atoms with E-state index in [0.29, 0.717) is 24.4 Å². The molecule has 0 aromatic heterocycles. The Balaban J connectivity index is 2.42. The lowest BCUT2D eigenvalue weighted by atomic mass is 10.1. The summed E-state index contributed by atoms with van der Waals surface area (Å²) in [4.78, 5) is 12.8. The van der Waals surface area contributed by atoms with Gasteiger partial charge in [-0.15, -0.1) is 0 Å². The molecule has 15 heavy (non-hydrogen) atoms. The molecule has 0 spiro atoms. The number of carbonyl (C=O) groups is 1. The number of para-hydroxylation sites is 1. The Morgan fingerprint density at radius 1 is 1.47 bits per heavy atom. The molecule has 1 aromatic rings. The lowest BCUT2D eigenvalue weighted by Gasteiger charge is -2.16. The average molecular weight is 205 g/mol. The number of amidine groups is 1. The summed E-state index contributed by atoms with van der Waals surface area (Å²) in [6.45, 7) is 0.883. The molecule has 1 aliphatic rings. The number of nitrogens with zero attached hydrogens (tertiary/aromatic N) is 1. The van der Waals surface area contributed by atoms with Crippen LogP contribution in [0.3, 0.4) is 0 Å². The smallest absolute Gasteiger partial charge is 0.414 e. The molecule has 1 amide bonds. The average Bonchev–Trinajstić information content (AvgIpc) is 2.64. The van der Waals surface area contributed by atoms with Crippen LogP contribution in [0.5, 0.6) is 0 Å². The zero-order valence-electron chi connectivity index (χ0n) is 8.06. The Bertz CT molecular complexity index is 417. The van der Waals surface area contributed by atoms with E-state index in [1.807, 2.05) is 0 Å². The summed E-state index contributed by atoms with van der Waals surface area (Å²) in [7, 11) is 0. The maximum atomic E-state index is 11.3. The molecule has 5 heteroatoms. The Kier molecular flexibility index (Phi) is 2.29. The number of anilines is 1. The van der Waals surface area contributed by atoms with Gasteiger partial charge in [0.15, 0.2) is 0 Å². The maximum Gasteiger partial charge on any atom is 0.414 e. The van der Waals surface area contributed by atoms with Gasteiger partial charge >= 0.3 is 6.09 Å². The minimum absolute atomic E-state index is 0.0506. The SMILES string of the molecule is N=C(N)c1ccccc1N1CCOC1=O. The summed E-state index contributed by atoms with van der Waals surface area (Å²) in [6.07, 6.45) is -0.385. The summed E-state index contributed by atoms with van der Waals surface area (Å²) >= 11 is 0. The van der Waals surface area contributed by atoms with Crippen LogP contribution in [0, 0.1) is 5.41 Å². The van der Waals surface area contributed by atoms with E-state index in [-0.39, 0.29) is 11.9 Å². The standard InChI is InChI=1S/C10H11N3O2/c11-9(12)7-3-1-2-4-8(7)13-5-6-15-10(13)14/h1-4H,5-6H2,(H3,11,12). The topological polar surface area (TPSA) is 79.4 Å². The van der Waals surface area contributed by atoms with Crippen molar-refractivity contribution < 1.29 is 9.53 Å². The number of ether oxygens (including phenoxy) is 1. The minimum Gasteiger partial charge on any atom is -0.447 e. The third-order valence-corrected chi connectivity index (χ3v) is 2.25. The van der Waals surface area contributed by atoms with Crippen molar-refractivity contribution in [1.82, 2.24) is 0 Å². The fourth-order valence-electron chi connectivity index (χ4n) is 1.55. The van der Waals surface area contributed by atoms with Crippen LogP contribution in [0.2, 0.25) is 0 Å². The highest BCUT2D eigenvalue weighted by atomic mass is 16.6. The lowest BCUT2D eigenvalue weighted by Crippen LogP contribution is -2.26. The number of hydrogen-bond donors (Lipinski definition) is 2. The molecular formula is C10H11N3O2. The van der Waals surface area contributed by atoms with Gasteiger partial charge in [-0.1, -0.05) is 12.1 Å². The number of nitrogen functional groups attached to an aromatic ring is 1. The first-order chi connectivity index (χ1) is 7.20. The zero-order valence-corrected chi connectivity index (χ0v) is 8.06. The van der Waals surface area contributed by atoms with Crippen molar-refractivity contribution in [2.45, 2.75) is 0 Å². The molecule has 1 heterocycles. The summed E-state index contributed by atoms with van der Waals surface area (Å²) in [5.41, 5.74) is 6.62. The summed E-state index contributed by atoms with van der Waals surface area (Å²) in [5, 5.41) is 7.41. The van der Waals surface area contributed by atoms with Gasteiger partial charge in [0, 0.05) is 5.56 Å². The van der Waals surface area contributed by atoms with E-state index in [1.54, 1.807) is 24.3 Å². The van der Waals surface area contributed by atoms with E-state index in [9.17, 15) is 4.79 Å². The van der Waals surface area contributed by atoms with E-state index in [4.69, 9.17) is 15.9 Å². The number of amides is 1. The molecule has 3 N–H and O–H groups in total. The molecule has 0 saturated carbocycles. The Hall–Kier alpha value is -2.04. The summed E-state index contributed by atoms with van der Waals surface area (Å²) < 4.78 is 4.83. The van der Waals surface area contributed by atoms with Gasteiger partial charge in [0.1, 0.15) is 12.4 Å². The molecule has 0 unspecified atom stereocenters. The molecule has 1 saturated heterocycles. The molecule has 1 aliphatic heterocycles. The van der Waals surface area contributed by atoms with E-state index in [0.717, 1.165) is 0 Å². The molecular weight excluding hydrogens is 194 g/mol. The van der Waals surface area contributed by atoms with Crippen molar-refractivity contribution in [3.8, 4) is 0 Å². The van der Waals surface area contributed by atoms with Crippen LogP contribution in [0.25, 0.3) is 0 Å². The number of benzene rings is 1. The summed E-state index contributed by atoms with van der Waals surface area (Å²) in [6, 6.07) is 7.04. The molecule has 5 nitrogen and oxygen atoms in total. The first-order valence-corrected chi connectivity index (χ1v) is 4.58. The molecule has 1 fully saturated rings. The first-order valence-electron chi connectivity index (χ1n) is 4.58. The molecule has 0 bridgehead atoms. The second kappa shape index (κ2) is 3.61. The van der Waals surface area contributed by atoms with Crippen molar-refractivity contribution in [3.05, 3.63) is 29.8 Å². The van der Waals surface area contributed by atoms with Gasteiger partial charge in [0.05, 0.1) is 12.2 Å². The van der Waals surface area contributed by atoms with Gasteiger partial charge in [-0.25, -0.2) is 4.79 Å². The summed E-state index contributed by atoms with van der Waals surface area (Å²) in [5.74, 6) is -0.0506. The number of rotatable bonds is 2. The number of cyclic esters (lactones) is 1. The lowest BCUT2D eigenvalue weighted by molar-refractivity contribution is 0.181. The second-order valence-electron chi connectivity index (χ2n) is 3.20. The van der Waals surface area contributed by atoms with E-state index in [2.05, 4.69) is 0 Å². The molecule has 1 aromatic carbocycles. The quantitative estimate of drug-likeness (QED) is 0.556. The Labute approximate surface area is 86.9 Å². The van der Waals surface area contributed by atoms with Gasteiger partial charge in [-0.2, -0.15) is 0 Å². The third-order valence-electron chi connectivity index (χ3n) is 2.25. The fourth-order valence-corrected chi connectivity index (χ4v) is 1.55. The fraction of sp³-hybridized carbons (Fsp3) is 0.200. The van der Waals surface area contributed by atoms with E-state index >= 15 is 0 Å². The normalized spacial score (nSPS) is 15.2. The van der Waals surface area contributed by atoms with Crippen LogP contribution in [0.4, 0.5) is 10.5 Å². The van der Waals surface area contributed by atoms with Crippen LogP contribution in [0.15, 0.2) is 24.3 Å². The van der Waals surface area contributed by atoms with Crippen LogP contribution in [0.1, 0.15) is 5.56 Å². The van der Waals surface area contributed by atoms with E-state index < -0.39 is 0 Å². The van der Waals surface area contributed by atoms with E-state index in [1.165, 1.54) is 4.90 Å². The molecule has 2 rings (SSSR count). The number of carbonyl (C=O) groups excluding carboxylic acids is 1. The van der Waals surface area contributed by atoms with Crippen molar-refractivity contribution in [1.29, 1.82) is 5.41 Å². The highest BCUT2D eigenvalue weighted by Crippen LogP contribution is 2.22. The highest BCUT2D eigenvalue weighted by molar-refractivity contribution is 6.04. The second-order valence-corrected chi connectivity index (χ2v) is 3.20. The molecule has 78 valence electrons. The van der Waals surface area contributed by atoms with Gasteiger partial charge in [-0.05, 0) is 12.1 Å². The Morgan fingerprint density at radius 3 is 2.80 bits per heavy atom. The van der Waals surface area contributed by atoms with Gasteiger partial charge < -0.3 is 10.5 Å². The maximum absolute atomic E-state index is 11.3. The molecule has 0 atom stereocenters. The van der Waals surface area contributed by atoms with Crippen molar-refractivity contribution in [3.63, 3.8) is 0 Å². The number of nitrogens with two attached hydrogens (primary N) is 1. The van der Waals surface area contributed by atoms with Crippen LogP contribution in [-0.2, 0) is 4.74 Å². The first kappa shape index (κ1) is 9.51. The van der Waals surface area contributed by atoms with Crippen molar-refractivity contribution in [2.24, 2.45) is 5.73 Å². The number of nitrogens with one attached hydrogen (secondary N) is 1. The highest BCUT2D eigenvalue weighted by Gasteiger charge is 2.25. The minimum atomic E-state index is -0.385. The largest absolute Gasteiger partial charge is 0.447 e. The van der Waals surface area contributed by atoms with Crippen LogP contribution < -0.4 is 10.6 Å². The van der Waals surface area contributed by atoms with Crippen LogP contribution >= 0.6 is 0 Å². The molecule has 0 radical (unpaired) electrons. The van der Waals surface area contributed by atoms with Crippen LogP contribution in [-0.4, -0.2) is 25.1 Å².